The van der Waals surface area contributed by atoms with Gasteiger partial charge in [-0.3, -0.25) is 19.5 Å². The van der Waals surface area contributed by atoms with E-state index in [1.165, 1.54) is 0 Å². The summed E-state index contributed by atoms with van der Waals surface area (Å²) in [6.07, 6.45) is 4.60. The molecule has 0 bridgehead atoms. The first-order chi connectivity index (χ1) is 15.8. The molecular weight excluding hydrogens is 478 g/mol. The van der Waals surface area contributed by atoms with Crippen LogP contribution >= 0.6 is 15.9 Å². The second-order valence-corrected chi connectivity index (χ2v) is 10.3. The van der Waals surface area contributed by atoms with E-state index in [4.69, 9.17) is 0 Å². The molecule has 5 rings (SSSR count). The lowest BCUT2D eigenvalue weighted by Gasteiger charge is -2.37. The Labute approximate surface area is 201 Å². The Morgan fingerprint density at radius 2 is 1.82 bits per heavy atom. The van der Waals surface area contributed by atoms with Crippen molar-refractivity contribution in [3.05, 3.63) is 99.9 Å². The quantitative estimate of drug-likeness (QED) is 0.447. The van der Waals surface area contributed by atoms with Crippen LogP contribution in [0, 0.1) is 5.41 Å². The Morgan fingerprint density at radius 3 is 2.55 bits per heavy atom. The number of fused-ring (bicyclic) bond motifs is 1. The van der Waals surface area contributed by atoms with Crippen LogP contribution in [-0.4, -0.2) is 16.7 Å². The van der Waals surface area contributed by atoms with Crippen LogP contribution in [0.2, 0.25) is 0 Å². The summed E-state index contributed by atoms with van der Waals surface area (Å²) in [7, 11) is 0. The summed E-state index contributed by atoms with van der Waals surface area (Å²) in [6.45, 7) is 4.22. The summed E-state index contributed by atoms with van der Waals surface area (Å²) < 4.78 is 0.899. The largest absolute Gasteiger partial charge is 0.357 e. The van der Waals surface area contributed by atoms with Gasteiger partial charge < -0.3 is 5.32 Å². The van der Waals surface area contributed by atoms with Gasteiger partial charge in [0.15, 0.2) is 5.78 Å². The number of carbonyl (C=O) groups is 2. The number of aromatic nitrogens is 1. The molecule has 0 spiro atoms. The first-order valence-corrected chi connectivity index (χ1v) is 11.7. The number of carbonyl (C=O) groups excluding carboxylic acids is 2. The molecule has 2 aliphatic rings. The SMILES string of the molecule is CC1(C)CC(=O)C2=C(C1)Nc1ccccc1N(C(=O)c1ccc(Br)cc1)[C@H]2c1cccnc1. The minimum atomic E-state index is -0.579. The van der Waals surface area contributed by atoms with Crippen LogP contribution in [0.1, 0.15) is 48.7 Å². The zero-order valence-electron chi connectivity index (χ0n) is 18.5. The van der Waals surface area contributed by atoms with E-state index in [0.29, 0.717) is 17.6 Å². The van der Waals surface area contributed by atoms with Crippen LogP contribution in [0.25, 0.3) is 0 Å². The van der Waals surface area contributed by atoms with E-state index in [2.05, 4.69) is 40.1 Å². The van der Waals surface area contributed by atoms with Crippen molar-refractivity contribution in [3.8, 4) is 0 Å². The third kappa shape index (κ3) is 4.00. The lowest BCUT2D eigenvalue weighted by Crippen LogP contribution is -2.39. The van der Waals surface area contributed by atoms with Crippen LogP contribution in [0.15, 0.2) is 88.8 Å². The maximum Gasteiger partial charge on any atom is 0.259 e. The first kappa shape index (κ1) is 21.6. The van der Waals surface area contributed by atoms with Gasteiger partial charge >= 0.3 is 0 Å². The Balaban J connectivity index is 1.78. The summed E-state index contributed by atoms with van der Waals surface area (Å²) in [4.78, 5) is 33.7. The van der Waals surface area contributed by atoms with E-state index in [1.54, 1.807) is 29.4 Å². The van der Waals surface area contributed by atoms with Gasteiger partial charge in [0, 0.05) is 40.1 Å². The van der Waals surface area contributed by atoms with Crippen LogP contribution in [0.4, 0.5) is 11.4 Å². The van der Waals surface area contributed by atoms with Gasteiger partial charge in [-0.05, 0) is 59.9 Å². The van der Waals surface area contributed by atoms with E-state index in [-0.39, 0.29) is 17.1 Å². The minimum absolute atomic E-state index is 0.0593. The fourth-order valence-electron chi connectivity index (χ4n) is 4.80. The number of para-hydroxylation sites is 2. The number of hydrogen-bond acceptors (Lipinski definition) is 4. The number of nitrogens with zero attached hydrogens (tertiary/aromatic N) is 2. The molecule has 0 saturated carbocycles. The summed E-state index contributed by atoms with van der Waals surface area (Å²) in [6, 6.07) is 18.3. The third-order valence-electron chi connectivity index (χ3n) is 6.21. The highest BCUT2D eigenvalue weighted by Crippen LogP contribution is 2.48. The Hall–Kier alpha value is -3.25. The average Bonchev–Trinajstić information content (AvgIpc) is 2.93. The predicted molar refractivity (Wildman–Crippen MR) is 133 cm³/mol. The van der Waals surface area contributed by atoms with Crippen molar-refractivity contribution in [1.29, 1.82) is 0 Å². The molecule has 0 unspecified atom stereocenters. The molecule has 166 valence electrons. The molecular formula is C27H24BrN3O2. The monoisotopic (exact) mass is 501 g/mol. The van der Waals surface area contributed by atoms with E-state index < -0.39 is 6.04 Å². The number of amides is 1. The minimum Gasteiger partial charge on any atom is -0.357 e. The number of nitrogens with one attached hydrogen (secondary N) is 1. The molecule has 33 heavy (non-hydrogen) atoms. The molecule has 1 amide bonds. The Morgan fingerprint density at radius 1 is 1.06 bits per heavy atom. The van der Waals surface area contributed by atoms with Gasteiger partial charge in [-0.25, -0.2) is 0 Å². The molecule has 5 nitrogen and oxygen atoms in total. The van der Waals surface area contributed by atoms with Gasteiger partial charge in [-0.2, -0.15) is 0 Å². The molecule has 1 atom stereocenters. The van der Waals surface area contributed by atoms with Crippen molar-refractivity contribution in [2.45, 2.75) is 32.7 Å². The average molecular weight is 502 g/mol. The van der Waals surface area contributed by atoms with Crippen molar-refractivity contribution in [3.63, 3.8) is 0 Å². The molecule has 0 fully saturated rings. The second kappa shape index (κ2) is 8.27. The number of rotatable bonds is 2. The number of anilines is 2. The lowest BCUT2D eigenvalue weighted by atomic mass is 9.73. The standard InChI is InChI=1S/C27H24BrN3O2/c1-27(2)14-21-24(23(32)15-27)25(18-6-5-13-29-16-18)31(22-8-4-3-7-20(22)30-21)26(33)17-9-11-19(28)12-10-17/h3-13,16,25,30H,14-15H2,1-2H3/t25-/m0/s1. The van der Waals surface area contributed by atoms with Crippen LogP contribution in [0.5, 0.6) is 0 Å². The fraction of sp³-hybridized carbons (Fsp3) is 0.222. The summed E-state index contributed by atoms with van der Waals surface area (Å²) in [5.74, 6) is -0.110. The molecule has 0 radical (unpaired) electrons. The van der Waals surface area contributed by atoms with E-state index in [0.717, 1.165) is 33.5 Å². The van der Waals surface area contributed by atoms with Gasteiger partial charge in [-0.1, -0.05) is 48.0 Å². The van der Waals surface area contributed by atoms with Crippen molar-refractivity contribution < 1.29 is 9.59 Å². The molecule has 2 aromatic carbocycles. The molecule has 2 heterocycles. The van der Waals surface area contributed by atoms with Crippen molar-refractivity contribution in [2.24, 2.45) is 5.41 Å². The van der Waals surface area contributed by atoms with Crippen molar-refractivity contribution in [1.82, 2.24) is 4.98 Å². The number of ketones is 1. The van der Waals surface area contributed by atoms with Crippen LogP contribution < -0.4 is 10.2 Å². The zero-order chi connectivity index (χ0) is 23.2. The lowest BCUT2D eigenvalue weighted by molar-refractivity contribution is -0.118. The zero-order valence-corrected chi connectivity index (χ0v) is 20.1. The highest BCUT2D eigenvalue weighted by molar-refractivity contribution is 9.10. The maximum atomic E-state index is 14.0. The molecule has 0 saturated heterocycles. The van der Waals surface area contributed by atoms with Crippen LogP contribution in [-0.2, 0) is 4.79 Å². The number of hydrogen-bond donors (Lipinski definition) is 1. The van der Waals surface area contributed by atoms with Gasteiger partial charge in [0.05, 0.1) is 17.4 Å². The number of Topliss-reactive ketones (excluding diaryl/α,β-unsaturated/α-hetero) is 1. The normalized spacial score (nSPS) is 19.3. The molecule has 1 aliphatic heterocycles. The number of pyridine rings is 1. The maximum absolute atomic E-state index is 14.0. The molecule has 3 aromatic rings. The van der Waals surface area contributed by atoms with Crippen molar-refractivity contribution >= 4 is 39.0 Å². The number of benzene rings is 2. The van der Waals surface area contributed by atoms with Gasteiger partial charge in [-0.15, -0.1) is 0 Å². The Bertz CT molecular complexity index is 1270. The topological polar surface area (TPSA) is 62.3 Å². The second-order valence-electron chi connectivity index (χ2n) is 9.35. The summed E-state index contributed by atoms with van der Waals surface area (Å²) in [5, 5.41) is 3.53. The molecule has 1 aliphatic carbocycles. The summed E-state index contributed by atoms with van der Waals surface area (Å²) in [5.41, 5.74) is 4.26. The predicted octanol–water partition coefficient (Wildman–Crippen LogP) is 6.30. The molecule has 6 heteroatoms. The van der Waals surface area contributed by atoms with Gasteiger partial charge in [0.25, 0.3) is 5.91 Å². The Kier molecular flexibility index (Phi) is 5.41. The van der Waals surface area contributed by atoms with Crippen LogP contribution in [0.3, 0.4) is 0 Å². The van der Waals surface area contributed by atoms with Gasteiger partial charge in [0.2, 0.25) is 0 Å². The van der Waals surface area contributed by atoms with Gasteiger partial charge in [0.1, 0.15) is 0 Å². The smallest absolute Gasteiger partial charge is 0.259 e. The highest BCUT2D eigenvalue weighted by atomic mass is 79.9. The van der Waals surface area contributed by atoms with Crippen molar-refractivity contribution in [2.75, 3.05) is 10.2 Å². The summed E-state index contributed by atoms with van der Waals surface area (Å²) >= 11 is 3.45. The van der Waals surface area contributed by atoms with E-state index in [1.807, 2.05) is 48.5 Å². The molecule has 1 N–H and O–H groups in total. The third-order valence-corrected chi connectivity index (χ3v) is 6.74. The first-order valence-electron chi connectivity index (χ1n) is 11.0. The van der Waals surface area contributed by atoms with E-state index in [9.17, 15) is 9.59 Å². The van der Waals surface area contributed by atoms with E-state index >= 15 is 0 Å². The number of halogens is 1. The fourth-order valence-corrected chi connectivity index (χ4v) is 5.06. The molecule has 1 aromatic heterocycles. The number of allylic oxidation sites excluding steroid dienone is 1. The highest BCUT2D eigenvalue weighted by Gasteiger charge is 2.43.